The van der Waals surface area contributed by atoms with Crippen molar-refractivity contribution in [2.75, 3.05) is 20.6 Å². The van der Waals surface area contributed by atoms with Gasteiger partial charge >= 0.3 is 0 Å². The largest absolute Gasteiger partial charge is 0.356 e. The lowest BCUT2D eigenvalue weighted by Crippen LogP contribution is -2.39. The topological polar surface area (TPSA) is 84.4 Å². The number of rotatable bonds is 7. The van der Waals surface area contributed by atoms with Crippen LogP contribution in [-0.2, 0) is 20.0 Å². The van der Waals surface area contributed by atoms with Crippen LogP contribution in [0.4, 0.5) is 0 Å². The minimum atomic E-state index is 0. The van der Waals surface area contributed by atoms with Gasteiger partial charge in [-0.05, 0) is 18.1 Å². The van der Waals surface area contributed by atoms with E-state index in [-0.39, 0.29) is 24.0 Å². The number of hydrogen-bond donors (Lipinski definition) is 1. The van der Waals surface area contributed by atoms with E-state index in [0.717, 1.165) is 23.8 Å². The molecule has 2 heterocycles. The molecule has 0 fully saturated rings. The second-order valence-corrected chi connectivity index (χ2v) is 7.91. The predicted octanol–water partition coefficient (Wildman–Crippen LogP) is 4.11. The molecule has 0 amide bonds. The molecule has 0 radical (unpaired) electrons. The zero-order chi connectivity index (χ0) is 21.7. The van der Waals surface area contributed by atoms with Crippen molar-refractivity contribution in [2.45, 2.75) is 32.7 Å². The maximum Gasteiger partial charge on any atom is 0.228 e. The summed E-state index contributed by atoms with van der Waals surface area (Å²) in [6, 6.07) is 7.39. The van der Waals surface area contributed by atoms with Gasteiger partial charge in [0, 0.05) is 63.0 Å². The van der Waals surface area contributed by atoms with Crippen LogP contribution in [0.25, 0.3) is 11.4 Å². The van der Waals surface area contributed by atoms with E-state index in [0.29, 0.717) is 35.6 Å². The molecule has 0 saturated carbocycles. The fourth-order valence-corrected chi connectivity index (χ4v) is 3.45. The SMILES string of the molecule is CN=C(NCCc1nc(-c2cccc(Cl)c2)no1)N(C)Cc1cn(C)nc1C(C)C.I. The van der Waals surface area contributed by atoms with E-state index >= 15 is 0 Å². The summed E-state index contributed by atoms with van der Waals surface area (Å²) in [5.41, 5.74) is 3.14. The van der Waals surface area contributed by atoms with E-state index in [1.54, 1.807) is 7.05 Å². The van der Waals surface area contributed by atoms with E-state index in [4.69, 9.17) is 16.1 Å². The van der Waals surface area contributed by atoms with Crippen LogP contribution in [-0.4, -0.2) is 51.4 Å². The summed E-state index contributed by atoms with van der Waals surface area (Å²) < 4.78 is 7.23. The van der Waals surface area contributed by atoms with Crippen molar-refractivity contribution in [1.82, 2.24) is 30.1 Å². The minimum absolute atomic E-state index is 0. The van der Waals surface area contributed by atoms with Gasteiger partial charge in [-0.1, -0.05) is 42.7 Å². The smallest absolute Gasteiger partial charge is 0.228 e. The summed E-state index contributed by atoms with van der Waals surface area (Å²) in [7, 11) is 5.73. The number of aryl methyl sites for hydroxylation is 1. The Kier molecular flexibility index (Phi) is 9.30. The van der Waals surface area contributed by atoms with E-state index in [1.165, 1.54) is 5.56 Å². The van der Waals surface area contributed by atoms with Gasteiger partial charge in [-0.2, -0.15) is 10.1 Å². The quantitative estimate of drug-likeness (QED) is 0.267. The van der Waals surface area contributed by atoms with Crippen molar-refractivity contribution in [3.05, 3.63) is 52.6 Å². The van der Waals surface area contributed by atoms with Gasteiger partial charge in [0.05, 0.1) is 5.69 Å². The third kappa shape index (κ3) is 6.67. The molecule has 0 spiro atoms. The maximum absolute atomic E-state index is 6.03. The van der Waals surface area contributed by atoms with Crippen LogP contribution in [0.1, 0.15) is 36.9 Å². The van der Waals surface area contributed by atoms with E-state index in [1.807, 2.05) is 43.0 Å². The molecular formula is C21H29ClIN7O. The molecule has 0 unspecified atom stereocenters. The first-order valence-electron chi connectivity index (χ1n) is 9.90. The lowest BCUT2D eigenvalue weighted by atomic mass is 10.1. The minimum Gasteiger partial charge on any atom is -0.356 e. The average Bonchev–Trinajstić information content (AvgIpc) is 3.32. The lowest BCUT2D eigenvalue weighted by molar-refractivity contribution is 0.377. The van der Waals surface area contributed by atoms with E-state index in [2.05, 4.69) is 50.5 Å². The highest BCUT2D eigenvalue weighted by molar-refractivity contribution is 14.0. The first kappa shape index (κ1) is 25.1. The van der Waals surface area contributed by atoms with Gasteiger partial charge in [-0.3, -0.25) is 9.67 Å². The molecule has 10 heteroatoms. The molecule has 3 aromatic rings. The molecule has 1 N–H and O–H groups in total. The second-order valence-electron chi connectivity index (χ2n) is 7.47. The number of guanidine groups is 1. The number of nitrogens with zero attached hydrogens (tertiary/aromatic N) is 6. The van der Waals surface area contributed by atoms with Crippen LogP contribution >= 0.6 is 35.6 Å². The fourth-order valence-electron chi connectivity index (χ4n) is 3.26. The zero-order valence-corrected chi connectivity index (χ0v) is 21.5. The van der Waals surface area contributed by atoms with Crippen molar-refractivity contribution in [1.29, 1.82) is 0 Å². The van der Waals surface area contributed by atoms with Gasteiger partial charge in [0.25, 0.3) is 0 Å². The molecule has 2 aromatic heterocycles. The number of aromatic nitrogens is 4. The van der Waals surface area contributed by atoms with Crippen LogP contribution < -0.4 is 5.32 Å². The van der Waals surface area contributed by atoms with Gasteiger partial charge in [-0.15, -0.1) is 24.0 Å². The number of benzene rings is 1. The number of aliphatic imine (C=N–C) groups is 1. The monoisotopic (exact) mass is 557 g/mol. The molecule has 0 aliphatic heterocycles. The van der Waals surface area contributed by atoms with Crippen LogP contribution in [0.15, 0.2) is 40.0 Å². The Morgan fingerprint density at radius 1 is 1.35 bits per heavy atom. The summed E-state index contributed by atoms with van der Waals surface area (Å²) >= 11 is 6.03. The second kappa shape index (κ2) is 11.5. The van der Waals surface area contributed by atoms with Gasteiger partial charge in [0.2, 0.25) is 11.7 Å². The first-order valence-corrected chi connectivity index (χ1v) is 10.3. The zero-order valence-electron chi connectivity index (χ0n) is 18.5. The summed E-state index contributed by atoms with van der Waals surface area (Å²) in [5.74, 6) is 2.26. The van der Waals surface area contributed by atoms with Crippen molar-refractivity contribution < 1.29 is 4.52 Å². The molecule has 0 bridgehead atoms. The standard InChI is InChI=1S/C21H28ClN7O.HI/c1-14(2)19-16(13-29(5)26-19)12-28(4)21(23-3)24-10-9-18-25-20(27-30-18)15-7-6-8-17(22)11-15;/h6-8,11,13-14H,9-10,12H2,1-5H3,(H,23,24);1H. The Bertz CT molecular complexity index is 1010. The Balaban J connectivity index is 0.00000341. The van der Waals surface area contributed by atoms with Gasteiger partial charge < -0.3 is 14.7 Å². The molecule has 0 saturated heterocycles. The van der Waals surface area contributed by atoms with E-state index in [9.17, 15) is 0 Å². The van der Waals surface area contributed by atoms with Gasteiger partial charge in [-0.25, -0.2) is 0 Å². The molecule has 31 heavy (non-hydrogen) atoms. The maximum atomic E-state index is 6.03. The van der Waals surface area contributed by atoms with Crippen molar-refractivity contribution in [2.24, 2.45) is 12.0 Å². The fraction of sp³-hybridized carbons (Fsp3) is 0.429. The predicted molar refractivity (Wildman–Crippen MR) is 134 cm³/mol. The average molecular weight is 558 g/mol. The molecule has 0 atom stereocenters. The third-order valence-electron chi connectivity index (χ3n) is 4.64. The molecule has 168 valence electrons. The Morgan fingerprint density at radius 3 is 2.81 bits per heavy atom. The van der Waals surface area contributed by atoms with Crippen LogP contribution in [0.5, 0.6) is 0 Å². The van der Waals surface area contributed by atoms with Crippen molar-refractivity contribution in [3.8, 4) is 11.4 Å². The number of hydrogen-bond acceptors (Lipinski definition) is 5. The van der Waals surface area contributed by atoms with Crippen LogP contribution in [0.2, 0.25) is 5.02 Å². The van der Waals surface area contributed by atoms with Crippen molar-refractivity contribution >= 4 is 41.5 Å². The summed E-state index contributed by atoms with van der Waals surface area (Å²) in [4.78, 5) is 10.9. The highest BCUT2D eigenvalue weighted by Gasteiger charge is 2.15. The molecule has 0 aliphatic carbocycles. The van der Waals surface area contributed by atoms with Crippen molar-refractivity contribution in [3.63, 3.8) is 0 Å². The molecule has 0 aliphatic rings. The van der Waals surface area contributed by atoms with Gasteiger partial charge in [0.1, 0.15) is 0 Å². The summed E-state index contributed by atoms with van der Waals surface area (Å²) in [6.45, 7) is 5.65. The Labute approximate surface area is 205 Å². The molecular weight excluding hydrogens is 529 g/mol. The molecule has 3 rings (SSSR count). The lowest BCUT2D eigenvalue weighted by Gasteiger charge is -2.22. The molecule has 1 aromatic carbocycles. The number of nitrogens with one attached hydrogen (secondary N) is 1. The number of halogens is 2. The van der Waals surface area contributed by atoms with Crippen LogP contribution in [0.3, 0.4) is 0 Å². The van der Waals surface area contributed by atoms with E-state index < -0.39 is 0 Å². The first-order chi connectivity index (χ1) is 14.4. The van der Waals surface area contributed by atoms with Gasteiger partial charge in [0.15, 0.2) is 5.96 Å². The normalized spacial score (nSPS) is 11.5. The van der Waals surface area contributed by atoms with Crippen LogP contribution in [0, 0.1) is 0 Å². The highest BCUT2D eigenvalue weighted by Crippen LogP contribution is 2.20. The summed E-state index contributed by atoms with van der Waals surface area (Å²) in [6.07, 6.45) is 2.65. The molecule has 8 nitrogen and oxygen atoms in total. The highest BCUT2D eigenvalue weighted by atomic mass is 127. The third-order valence-corrected chi connectivity index (χ3v) is 4.87. The summed E-state index contributed by atoms with van der Waals surface area (Å²) in [5, 5.41) is 12.6. The Hall–Kier alpha value is -2.14. The Morgan fingerprint density at radius 2 is 2.13 bits per heavy atom.